The summed E-state index contributed by atoms with van der Waals surface area (Å²) in [6.07, 6.45) is 0.568. The third kappa shape index (κ3) is 4.02. The van der Waals surface area contributed by atoms with Crippen LogP contribution in [0.25, 0.3) is 6.08 Å². The van der Waals surface area contributed by atoms with Crippen molar-refractivity contribution in [1.82, 2.24) is 0 Å². The molecule has 0 saturated carbocycles. The van der Waals surface area contributed by atoms with Gasteiger partial charge in [-0.15, -0.1) is 0 Å². The molecule has 0 amide bonds. The Kier molecular flexibility index (Phi) is 5.90. The Bertz CT molecular complexity index is 667. The maximum absolute atomic E-state index is 11.9. The molecular formula is C15H16O9. The summed E-state index contributed by atoms with van der Waals surface area (Å²) in [5.74, 6) is -5.11. The first kappa shape index (κ1) is 19.0. The lowest BCUT2D eigenvalue weighted by atomic mass is 9.93. The SMILES string of the molecule is COc1cc(/C=C/C(=O)C(O)(CC(=O)O)C(=O)O)cc(OC)c1O. The maximum Gasteiger partial charge on any atom is 0.344 e. The predicted molar refractivity (Wildman–Crippen MR) is 80.1 cm³/mol. The van der Waals surface area contributed by atoms with Gasteiger partial charge in [-0.2, -0.15) is 0 Å². The minimum Gasteiger partial charge on any atom is -0.502 e. The fraction of sp³-hybridized carbons (Fsp3) is 0.267. The smallest absolute Gasteiger partial charge is 0.344 e. The van der Waals surface area contributed by atoms with Crippen LogP contribution in [0.1, 0.15) is 12.0 Å². The number of aromatic hydroxyl groups is 1. The van der Waals surface area contributed by atoms with Crippen molar-refractivity contribution in [1.29, 1.82) is 0 Å². The number of phenols is 1. The van der Waals surface area contributed by atoms with Crippen LogP contribution in [0.15, 0.2) is 18.2 Å². The predicted octanol–water partition coefficient (Wildman–Crippen LogP) is 0.282. The van der Waals surface area contributed by atoms with Crippen molar-refractivity contribution in [2.24, 2.45) is 0 Å². The fourth-order valence-electron chi connectivity index (χ4n) is 1.81. The van der Waals surface area contributed by atoms with Gasteiger partial charge >= 0.3 is 11.9 Å². The summed E-state index contributed by atoms with van der Waals surface area (Å²) in [6.45, 7) is 0. The van der Waals surface area contributed by atoms with Crippen LogP contribution in [0.4, 0.5) is 0 Å². The highest BCUT2D eigenvalue weighted by Gasteiger charge is 2.44. The molecule has 1 aromatic rings. The van der Waals surface area contributed by atoms with Crippen molar-refractivity contribution in [2.75, 3.05) is 14.2 Å². The van der Waals surface area contributed by atoms with Gasteiger partial charge in [0, 0.05) is 0 Å². The number of carboxylic acids is 2. The van der Waals surface area contributed by atoms with E-state index in [2.05, 4.69) is 0 Å². The van der Waals surface area contributed by atoms with Gasteiger partial charge in [-0.25, -0.2) is 4.79 Å². The normalized spacial score (nSPS) is 13.3. The summed E-state index contributed by atoms with van der Waals surface area (Å²) in [6, 6.07) is 2.66. The standard InChI is InChI=1S/C15H16O9/c1-23-9-5-8(6-10(24-2)13(9)19)3-4-11(16)15(22,14(20)21)7-12(17)18/h3-6,19,22H,7H2,1-2H3,(H,17,18)(H,20,21)/b4-3+. The van der Waals surface area contributed by atoms with Gasteiger partial charge in [-0.1, -0.05) is 6.08 Å². The second kappa shape index (κ2) is 7.47. The number of methoxy groups -OCH3 is 2. The molecular weight excluding hydrogens is 324 g/mol. The number of carbonyl (C=O) groups excluding carboxylic acids is 1. The molecule has 0 aliphatic carbocycles. The Labute approximate surface area is 136 Å². The van der Waals surface area contributed by atoms with Gasteiger partial charge in [0.25, 0.3) is 0 Å². The van der Waals surface area contributed by atoms with E-state index in [0.29, 0.717) is 0 Å². The van der Waals surface area contributed by atoms with Gasteiger partial charge in [0.2, 0.25) is 11.4 Å². The number of ketones is 1. The minimum atomic E-state index is -3.08. The zero-order chi connectivity index (χ0) is 18.5. The van der Waals surface area contributed by atoms with Crippen molar-refractivity contribution < 1.29 is 44.3 Å². The zero-order valence-electron chi connectivity index (χ0n) is 12.8. The van der Waals surface area contributed by atoms with Crippen molar-refractivity contribution in [2.45, 2.75) is 12.0 Å². The maximum atomic E-state index is 11.9. The molecule has 1 aromatic carbocycles. The number of ether oxygens (including phenoxy) is 2. The molecule has 130 valence electrons. The molecule has 0 heterocycles. The van der Waals surface area contributed by atoms with E-state index in [-0.39, 0.29) is 22.8 Å². The largest absolute Gasteiger partial charge is 0.502 e. The van der Waals surface area contributed by atoms with E-state index < -0.39 is 29.7 Å². The van der Waals surface area contributed by atoms with Crippen LogP contribution >= 0.6 is 0 Å². The molecule has 0 aromatic heterocycles. The average molecular weight is 340 g/mol. The Morgan fingerprint density at radius 3 is 2.00 bits per heavy atom. The number of aliphatic carboxylic acids is 2. The van der Waals surface area contributed by atoms with E-state index in [1.807, 2.05) is 0 Å². The molecule has 0 radical (unpaired) electrons. The number of hydrogen-bond donors (Lipinski definition) is 4. The Balaban J connectivity index is 3.17. The third-order valence-corrected chi connectivity index (χ3v) is 3.10. The minimum absolute atomic E-state index is 0.0421. The molecule has 4 N–H and O–H groups in total. The number of rotatable bonds is 8. The van der Waals surface area contributed by atoms with Crippen molar-refractivity contribution in [3.8, 4) is 17.2 Å². The van der Waals surface area contributed by atoms with Gasteiger partial charge in [-0.05, 0) is 23.8 Å². The number of benzene rings is 1. The van der Waals surface area contributed by atoms with Crippen molar-refractivity contribution in [3.05, 3.63) is 23.8 Å². The molecule has 0 saturated heterocycles. The summed E-state index contributed by atoms with van der Waals surface area (Å²) in [5, 5.41) is 37.1. The lowest BCUT2D eigenvalue weighted by molar-refractivity contribution is -0.169. The van der Waals surface area contributed by atoms with E-state index in [1.54, 1.807) is 0 Å². The summed E-state index contributed by atoms with van der Waals surface area (Å²) in [4.78, 5) is 33.6. The average Bonchev–Trinajstić information content (AvgIpc) is 2.52. The molecule has 9 heteroatoms. The monoisotopic (exact) mass is 340 g/mol. The number of carboxylic acid groups (broad SMARTS) is 2. The Morgan fingerprint density at radius 2 is 1.62 bits per heavy atom. The molecule has 0 spiro atoms. The second-order valence-corrected chi connectivity index (χ2v) is 4.71. The highest BCUT2D eigenvalue weighted by Crippen LogP contribution is 2.37. The lowest BCUT2D eigenvalue weighted by Gasteiger charge is -2.17. The number of carbonyl (C=O) groups is 3. The van der Waals surface area contributed by atoms with Crippen LogP contribution < -0.4 is 9.47 Å². The summed E-state index contributed by atoms with van der Waals surface area (Å²) in [7, 11) is 2.59. The lowest BCUT2D eigenvalue weighted by Crippen LogP contribution is -2.47. The van der Waals surface area contributed by atoms with Gasteiger partial charge in [0.1, 0.15) is 0 Å². The summed E-state index contributed by atoms with van der Waals surface area (Å²) < 4.78 is 9.85. The van der Waals surface area contributed by atoms with Gasteiger partial charge < -0.3 is 29.9 Å². The third-order valence-electron chi connectivity index (χ3n) is 3.10. The first-order chi connectivity index (χ1) is 11.2. The van der Waals surface area contributed by atoms with Crippen LogP contribution in [-0.4, -0.2) is 58.0 Å². The van der Waals surface area contributed by atoms with Crippen LogP contribution in [0.2, 0.25) is 0 Å². The topological polar surface area (TPSA) is 151 Å². The number of phenolic OH excluding ortho intramolecular Hbond substituents is 1. The highest BCUT2D eigenvalue weighted by atomic mass is 16.5. The fourth-order valence-corrected chi connectivity index (χ4v) is 1.81. The van der Waals surface area contributed by atoms with Crippen LogP contribution in [0.3, 0.4) is 0 Å². The molecule has 0 bridgehead atoms. The Morgan fingerprint density at radius 1 is 1.12 bits per heavy atom. The Hall–Kier alpha value is -3.07. The van der Waals surface area contributed by atoms with Crippen LogP contribution in [0, 0.1) is 0 Å². The van der Waals surface area contributed by atoms with Gasteiger partial charge in [0.15, 0.2) is 17.3 Å². The highest BCUT2D eigenvalue weighted by molar-refractivity contribution is 6.14. The number of hydrogen-bond acceptors (Lipinski definition) is 7. The molecule has 9 nitrogen and oxygen atoms in total. The molecule has 0 aliphatic heterocycles. The van der Waals surface area contributed by atoms with Crippen LogP contribution in [-0.2, 0) is 14.4 Å². The quantitative estimate of drug-likeness (QED) is 0.386. The molecule has 0 fully saturated rings. The summed E-state index contributed by atoms with van der Waals surface area (Å²) in [5.41, 5.74) is -2.79. The summed E-state index contributed by atoms with van der Waals surface area (Å²) >= 11 is 0. The zero-order valence-corrected chi connectivity index (χ0v) is 12.8. The first-order valence-corrected chi connectivity index (χ1v) is 6.50. The molecule has 1 unspecified atom stereocenters. The van der Waals surface area contributed by atoms with E-state index in [4.69, 9.17) is 19.7 Å². The van der Waals surface area contributed by atoms with E-state index >= 15 is 0 Å². The number of aliphatic hydroxyl groups is 1. The van der Waals surface area contributed by atoms with Crippen LogP contribution in [0.5, 0.6) is 17.2 Å². The van der Waals surface area contributed by atoms with E-state index in [1.165, 1.54) is 26.4 Å². The molecule has 24 heavy (non-hydrogen) atoms. The molecule has 0 aliphatic rings. The first-order valence-electron chi connectivity index (χ1n) is 6.50. The van der Waals surface area contributed by atoms with Gasteiger partial charge in [0.05, 0.1) is 20.6 Å². The van der Waals surface area contributed by atoms with Crippen molar-refractivity contribution in [3.63, 3.8) is 0 Å². The van der Waals surface area contributed by atoms with E-state index in [9.17, 15) is 24.6 Å². The second-order valence-electron chi connectivity index (χ2n) is 4.71. The molecule has 1 atom stereocenters. The molecule has 1 rings (SSSR count). The van der Waals surface area contributed by atoms with Crippen molar-refractivity contribution >= 4 is 23.8 Å². The van der Waals surface area contributed by atoms with E-state index in [0.717, 1.165) is 12.2 Å². The van der Waals surface area contributed by atoms with Gasteiger partial charge in [-0.3, -0.25) is 9.59 Å².